The van der Waals surface area contributed by atoms with Crippen LogP contribution in [0.3, 0.4) is 0 Å². The maximum Gasteiger partial charge on any atom is 0.269 e. The van der Waals surface area contributed by atoms with Crippen molar-refractivity contribution in [3.8, 4) is 5.75 Å². The summed E-state index contributed by atoms with van der Waals surface area (Å²) in [6, 6.07) is 30.9. The average molecular weight is 453 g/mol. The van der Waals surface area contributed by atoms with Gasteiger partial charge in [0.05, 0.1) is 12.8 Å². The zero-order valence-electron chi connectivity index (χ0n) is 18.5. The highest BCUT2D eigenvalue weighted by Crippen LogP contribution is 2.22. The lowest BCUT2D eigenvalue weighted by Crippen LogP contribution is -2.29. The topological polar surface area (TPSA) is 91.5 Å². The van der Waals surface area contributed by atoms with Gasteiger partial charge in [-0.1, -0.05) is 30.3 Å². The van der Waals surface area contributed by atoms with E-state index in [4.69, 9.17) is 4.74 Å². The number of nitrogens with one attached hydrogen (secondary N) is 4. The molecule has 4 N–H and O–H groups in total. The van der Waals surface area contributed by atoms with Crippen LogP contribution in [0.15, 0.2) is 103 Å². The lowest BCUT2D eigenvalue weighted by Gasteiger charge is -2.12. The molecule has 0 radical (unpaired) electrons. The van der Waals surface area contributed by atoms with Gasteiger partial charge in [0.15, 0.2) is 0 Å². The number of carbonyl (C=O) groups is 2. The highest BCUT2D eigenvalue weighted by atomic mass is 16.5. The standard InChI is InChI=1S/C27H24N4O3/c1-34-25-10-6-5-9-24(25)30-31-27(33)20-13-17-23(18-14-20)28-22-15-11-19(12-16-22)26(32)29-21-7-3-2-4-8-21/h2-18,28,30H,1H3,(H,29,32)(H,31,33). The number of amides is 2. The largest absolute Gasteiger partial charge is 0.495 e. The fourth-order valence-electron chi connectivity index (χ4n) is 3.25. The molecule has 4 rings (SSSR count). The smallest absolute Gasteiger partial charge is 0.269 e. The van der Waals surface area contributed by atoms with Gasteiger partial charge in [-0.25, -0.2) is 0 Å². The Morgan fingerprint density at radius 3 is 1.79 bits per heavy atom. The molecule has 4 aromatic carbocycles. The number of carbonyl (C=O) groups excluding carboxylic acids is 2. The molecule has 170 valence electrons. The number of hydrogen-bond acceptors (Lipinski definition) is 5. The molecule has 0 aromatic heterocycles. The number of anilines is 4. The number of ether oxygens (including phenoxy) is 1. The van der Waals surface area contributed by atoms with E-state index in [0.717, 1.165) is 17.1 Å². The van der Waals surface area contributed by atoms with Gasteiger partial charge in [-0.05, 0) is 72.8 Å². The van der Waals surface area contributed by atoms with Crippen molar-refractivity contribution in [1.29, 1.82) is 0 Å². The highest BCUT2D eigenvalue weighted by Gasteiger charge is 2.08. The minimum Gasteiger partial charge on any atom is -0.495 e. The zero-order valence-corrected chi connectivity index (χ0v) is 18.5. The van der Waals surface area contributed by atoms with Gasteiger partial charge in [-0.15, -0.1) is 0 Å². The molecule has 0 aliphatic heterocycles. The maximum atomic E-state index is 12.4. The van der Waals surface area contributed by atoms with Crippen LogP contribution in [0.25, 0.3) is 0 Å². The van der Waals surface area contributed by atoms with Crippen LogP contribution in [0.5, 0.6) is 5.75 Å². The summed E-state index contributed by atoms with van der Waals surface area (Å²) in [4.78, 5) is 24.8. The molecular formula is C27H24N4O3. The number of benzene rings is 4. The molecule has 0 saturated carbocycles. The predicted octanol–water partition coefficient (Wildman–Crippen LogP) is 5.45. The maximum absolute atomic E-state index is 12.4. The monoisotopic (exact) mass is 452 g/mol. The summed E-state index contributed by atoms with van der Waals surface area (Å²) in [5.74, 6) is 0.187. The van der Waals surface area contributed by atoms with E-state index >= 15 is 0 Å². The Morgan fingerprint density at radius 2 is 1.18 bits per heavy atom. The second-order valence-electron chi connectivity index (χ2n) is 7.38. The quantitative estimate of drug-likeness (QED) is 0.267. The fraction of sp³-hybridized carbons (Fsp3) is 0.0370. The van der Waals surface area contributed by atoms with Gasteiger partial charge in [-0.2, -0.15) is 0 Å². The Hall–Kier alpha value is -4.78. The predicted molar refractivity (Wildman–Crippen MR) is 135 cm³/mol. The first-order valence-corrected chi connectivity index (χ1v) is 10.7. The Bertz CT molecular complexity index is 1260. The third-order valence-electron chi connectivity index (χ3n) is 5.03. The van der Waals surface area contributed by atoms with Crippen molar-refractivity contribution in [2.75, 3.05) is 23.2 Å². The Morgan fingerprint density at radius 1 is 0.618 bits per heavy atom. The molecule has 0 aliphatic rings. The Balaban J connectivity index is 1.32. The van der Waals surface area contributed by atoms with Crippen LogP contribution in [0, 0.1) is 0 Å². The van der Waals surface area contributed by atoms with Crippen molar-refractivity contribution in [2.45, 2.75) is 0 Å². The van der Waals surface area contributed by atoms with Crippen LogP contribution in [0.1, 0.15) is 20.7 Å². The SMILES string of the molecule is COc1ccccc1NNC(=O)c1ccc(Nc2ccc(C(=O)Nc3ccccc3)cc2)cc1. The summed E-state index contributed by atoms with van der Waals surface area (Å²) >= 11 is 0. The van der Waals surface area contributed by atoms with E-state index in [1.54, 1.807) is 37.4 Å². The van der Waals surface area contributed by atoms with E-state index in [0.29, 0.717) is 22.6 Å². The number of hydrazine groups is 1. The van der Waals surface area contributed by atoms with Crippen molar-refractivity contribution in [3.63, 3.8) is 0 Å². The summed E-state index contributed by atoms with van der Waals surface area (Å²) in [5.41, 5.74) is 9.65. The molecule has 0 unspecified atom stereocenters. The average Bonchev–Trinajstić information content (AvgIpc) is 2.89. The van der Waals surface area contributed by atoms with Gasteiger partial charge in [0.25, 0.3) is 11.8 Å². The fourth-order valence-corrected chi connectivity index (χ4v) is 3.25. The Labute approximate surface area is 197 Å². The molecule has 0 atom stereocenters. The summed E-state index contributed by atoms with van der Waals surface area (Å²) in [7, 11) is 1.57. The number of para-hydroxylation sites is 3. The van der Waals surface area contributed by atoms with E-state index in [9.17, 15) is 9.59 Å². The van der Waals surface area contributed by atoms with Crippen LogP contribution in [-0.4, -0.2) is 18.9 Å². The third-order valence-corrected chi connectivity index (χ3v) is 5.03. The summed E-state index contributed by atoms with van der Waals surface area (Å²) in [6.07, 6.45) is 0. The van der Waals surface area contributed by atoms with Gasteiger partial charge in [0, 0.05) is 28.2 Å². The minimum atomic E-state index is -0.272. The minimum absolute atomic E-state index is 0.171. The number of methoxy groups -OCH3 is 1. The second-order valence-corrected chi connectivity index (χ2v) is 7.38. The molecule has 7 nitrogen and oxygen atoms in total. The van der Waals surface area contributed by atoms with Gasteiger partial charge in [0.2, 0.25) is 0 Å². The van der Waals surface area contributed by atoms with Crippen LogP contribution in [0.2, 0.25) is 0 Å². The molecule has 0 bridgehead atoms. The van der Waals surface area contributed by atoms with E-state index in [2.05, 4.69) is 21.5 Å². The van der Waals surface area contributed by atoms with Crippen molar-refractivity contribution >= 4 is 34.6 Å². The van der Waals surface area contributed by atoms with Crippen molar-refractivity contribution in [3.05, 3.63) is 114 Å². The molecular weight excluding hydrogens is 428 g/mol. The first-order chi connectivity index (χ1) is 16.6. The molecule has 0 fully saturated rings. The molecule has 0 aliphatic carbocycles. The normalized spacial score (nSPS) is 10.1. The van der Waals surface area contributed by atoms with Gasteiger partial charge < -0.3 is 15.4 Å². The van der Waals surface area contributed by atoms with Gasteiger partial charge in [-0.3, -0.25) is 20.4 Å². The summed E-state index contributed by atoms with van der Waals surface area (Å²) in [6.45, 7) is 0. The molecule has 34 heavy (non-hydrogen) atoms. The summed E-state index contributed by atoms with van der Waals surface area (Å²) < 4.78 is 5.26. The third kappa shape index (κ3) is 5.72. The number of hydrogen-bond donors (Lipinski definition) is 4. The zero-order chi connectivity index (χ0) is 23.8. The lowest BCUT2D eigenvalue weighted by molar-refractivity contribution is 0.0961. The van der Waals surface area contributed by atoms with Crippen molar-refractivity contribution < 1.29 is 14.3 Å². The van der Waals surface area contributed by atoms with Gasteiger partial charge in [0.1, 0.15) is 5.75 Å². The van der Waals surface area contributed by atoms with E-state index < -0.39 is 0 Å². The van der Waals surface area contributed by atoms with E-state index in [1.165, 1.54) is 0 Å². The van der Waals surface area contributed by atoms with Crippen LogP contribution >= 0.6 is 0 Å². The van der Waals surface area contributed by atoms with E-state index in [1.807, 2.05) is 72.8 Å². The molecule has 4 aromatic rings. The molecule has 7 heteroatoms. The molecule has 0 saturated heterocycles. The first kappa shape index (κ1) is 22.4. The summed E-state index contributed by atoms with van der Waals surface area (Å²) in [5, 5.41) is 6.13. The number of rotatable bonds is 8. The van der Waals surface area contributed by atoms with Crippen LogP contribution < -0.4 is 26.2 Å². The van der Waals surface area contributed by atoms with Gasteiger partial charge >= 0.3 is 0 Å². The van der Waals surface area contributed by atoms with Crippen molar-refractivity contribution in [1.82, 2.24) is 5.43 Å². The molecule has 0 heterocycles. The highest BCUT2D eigenvalue weighted by molar-refractivity contribution is 6.04. The Kier molecular flexibility index (Phi) is 7.05. The second kappa shape index (κ2) is 10.7. The lowest BCUT2D eigenvalue weighted by atomic mass is 10.1. The van der Waals surface area contributed by atoms with Crippen LogP contribution in [0.4, 0.5) is 22.7 Å². The van der Waals surface area contributed by atoms with Crippen molar-refractivity contribution in [2.24, 2.45) is 0 Å². The molecule has 0 spiro atoms. The first-order valence-electron chi connectivity index (χ1n) is 10.7. The van der Waals surface area contributed by atoms with Crippen LogP contribution in [-0.2, 0) is 0 Å². The molecule has 2 amide bonds. The van der Waals surface area contributed by atoms with E-state index in [-0.39, 0.29) is 11.8 Å².